The van der Waals surface area contributed by atoms with Gasteiger partial charge in [-0.15, -0.1) is 0 Å². The number of ether oxygens (including phenoxy) is 1. The van der Waals surface area contributed by atoms with E-state index in [0.29, 0.717) is 5.56 Å². The van der Waals surface area contributed by atoms with Gasteiger partial charge in [0.05, 0.1) is 10.5 Å². The van der Waals surface area contributed by atoms with Crippen LogP contribution in [0.5, 0.6) is 5.75 Å². The molecule has 102 valence electrons. The van der Waals surface area contributed by atoms with E-state index in [1.807, 2.05) is 0 Å². The van der Waals surface area contributed by atoms with E-state index in [2.05, 4.69) is 4.98 Å². The van der Waals surface area contributed by atoms with Crippen LogP contribution in [-0.2, 0) is 6.61 Å². The molecule has 0 aliphatic carbocycles. The lowest BCUT2D eigenvalue weighted by Gasteiger charge is -2.06. The Morgan fingerprint density at radius 3 is 2.50 bits per heavy atom. The molecule has 0 aliphatic heterocycles. The number of nitro benzene ring substituents is 1. The van der Waals surface area contributed by atoms with E-state index < -0.39 is 15.7 Å². The van der Waals surface area contributed by atoms with E-state index in [1.165, 1.54) is 36.5 Å². The maximum atomic E-state index is 10.8. The molecule has 0 atom stereocenters. The van der Waals surface area contributed by atoms with Gasteiger partial charge < -0.3 is 14.9 Å². The number of aromatic nitrogens is 1. The Balaban J connectivity index is 2.22. The first-order chi connectivity index (χ1) is 9.59. The van der Waals surface area contributed by atoms with E-state index >= 15 is 0 Å². The fourth-order valence-electron chi connectivity index (χ4n) is 1.60. The molecule has 1 aromatic heterocycles. The summed E-state index contributed by atoms with van der Waals surface area (Å²) in [6.07, 6.45) is 1.27. The molecule has 0 spiro atoms. The Hall–Kier alpha value is -3.03. The molecule has 0 fully saturated rings. The second-order valence-corrected chi connectivity index (χ2v) is 3.76. The van der Waals surface area contributed by atoms with Gasteiger partial charge in [-0.1, -0.05) is 12.1 Å². The maximum absolute atomic E-state index is 10.8. The van der Waals surface area contributed by atoms with Gasteiger partial charge >= 0.3 is 5.82 Å². The third kappa shape index (κ3) is 2.86. The third-order valence-corrected chi connectivity index (χ3v) is 2.50. The van der Waals surface area contributed by atoms with E-state index in [9.17, 15) is 20.2 Å². The van der Waals surface area contributed by atoms with Crippen molar-refractivity contribution in [1.82, 2.24) is 4.98 Å². The van der Waals surface area contributed by atoms with Crippen molar-refractivity contribution in [3.05, 3.63) is 68.4 Å². The van der Waals surface area contributed by atoms with Gasteiger partial charge in [0.2, 0.25) is 5.75 Å². The molecule has 0 aliphatic rings. The van der Waals surface area contributed by atoms with Crippen molar-refractivity contribution in [1.29, 1.82) is 0 Å². The number of nitro groups is 2. The maximum Gasteiger partial charge on any atom is 0.406 e. The fourth-order valence-corrected chi connectivity index (χ4v) is 1.60. The Kier molecular flexibility index (Phi) is 3.85. The second-order valence-electron chi connectivity index (χ2n) is 3.76. The summed E-state index contributed by atoms with van der Waals surface area (Å²) in [6.45, 7) is -0.149. The zero-order chi connectivity index (χ0) is 14.5. The second kappa shape index (κ2) is 5.74. The molecule has 1 heterocycles. The summed E-state index contributed by atoms with van der Waals surface area (Å²) in [4.78, 5) is 24.0. The number of benzene rings is 1. The summed E-state index contributed by atoms with van der Waals surface area (Å²) < 4.78 is 5.27. The van der Waals surface area contributed by atoms with Gasteiger partial charge in [-0.25, -0.2) is 0 Å². The predicted molar refractivity (Wildman–Crippen MR) is 68.3 cm³/mol. The Morgan fingerprint density at radius 2 is 1.80 bits per heavy atom. The van der Waals surface area contributed by atoms with Gasteiger partial charge in [0, 0.05) is 6.07 Å². The van der Waals surface area contributed by atoms with Crippen molar-refractivity contribution in [2.45, 2.75) is 6.61 Å². The van der Waals surface area contributed by atoms with Crippen LogP contribution >= 0.6 is 0 Å². The molecule has 0 saturated heterocycles. The van der Waals surface area contributed by atoms with Crippen molar-refractivity contribution in [2.75, 3.05) is 0 Å². The molecule has 0 saturated carbocycles. The van der Waals surface area contributed by atoms with Crippen LogP contribution in [0.3, 0.4) is 0 Å². The monoisotopic (exact) mass is 275 g/mol. The van der Waals surface area contributed by atoms with Crippen LogP contribution < -0.4 is 4.74 Å². The zero-order valence-electron chi connectivity index (χ0n) is 10.1. The van der Waals surface area contributed by atoms with Crippen LogP contribution in [-0.4, -0.2) is 14.8 Å². The summed E-state index contributed by atoms with van der Waals surface area (Å²) in [6, 6.07) is 8.91. The first-order valence-corrected chi connectivity index (χ1v) is 5.54. The first kappa shape index (κ1) is 13.4. The van der Waals surface area contributed by atoms with Gasteiger partial charge in [0.1, 0.15) is 12.8 Å². The van der Waals surface area contributed by atoms with Crippen molar-refractivity contribution in [3.63, 3.8) is 0 Å². The first-order valence-electron chi connectivity index (χ1n) is 5.54. The minimum absolute atomic E-state index is 0.0318. The van der Waals surface area contributed by atoms with Gasteiger partial charge in [-0.2, -0.15) is 0 Å². The van der Waals surface area contributed by atoms with Gasteiger partial charge in [-0.05, 0) is 28.1 Å². The highest BCUT2D eigenvalue weighted by Gasteiger charge is 2.18. The summed E-state index contributed by atoms with van der Waals surface area (Å²) in [7, 11) is 0. The Morgan fingerprint density at radius 1 is 1.05 bits per heavy atom. The highest BCUT2D eigenvalue weighted by atomic mass is 16.6. The fraction of sp³-hybridized carbons (Fsp3) is 0.0833. The molecule has 0 unspecified atom stereocenters. The normalized spacial score (nSPS) is 10.0. The summed E-state index contributed by atoms with van der Waals surface area (Å²) in [5.41, 5.74) is 0.231. The Bertz CT molecular complexity index is 602. The van der Waals surface area contributed by atoms with E-state index in [1.54, 1.807) is 6.07 Å². The molecule has 1 aromatic carbocycles. The predicted octanol–water partition coefficient (Wildman–Crippen LogP) is 2.48. The third-order valence-electron chi connectivity index (χ3n) is 2.50. The van der Waals surface area contributed by atoms with Crippen LogP contribution in [0.1, 0.15) is 5.56 Å². The molecule has 0 N–H and O–H groups in total. The lowest BCUT2D eigenvalue weighted by atomic mass is 10.2. The van der Waals surface area contributed by atoms with Crippen LogP contribution in [0.15, 0.2) is 42.6 Å². The zero-order valence-corrected chi connectivity index (χ0v) is 10.1. The molecule has 2 aromatic rings. The van der Waals surface area contributed by atoms with Crippen molar-refractivity contribution in [3.8, 4) is 5.75 Å². The van der Waals surface area contributed by atoms with E-state index in [-0.39, 0.29) is 18.0 Å². The number of para-hydroxylation sites is 1. The number of rotatable bonds is 5. The van der Waals surface area contributed by atoms with Crippen molar-refractivity contribution in [2.24, 2.45) is 0 Å². The molecule has 0 radical (unpaired) electrons. The number of pyridine rings is 1. The molecule has 2 rings (SSSR count). The van der Waals surface area contributed by atoms with Crippen molar-refractivity contribution < 1.29 is 14.6 Å². The SMILES string of the molecule is O=[N+]([O-])c1ccccc1COc1cccnc1[N+](=O)[O-]. The number of nitrogens with zero attached hydrogens (tertiary/aromatic N) is 3. The van der Waals surface area contributed by atoms with Crippen LogP contribution in [0.4, 0.5) is 11.5 Å². The summed E-state index contributed by atoms with van der Waals surface area (Å²) in [5, 5.41) is 21.6. The topological polar surface area (TPSA) is 108 Å². The molecular weight excluding hydrogens is 266 g/mol. The standard InChI is InChI=1S/C12H9N3O5/c16-14(17)10-5-2-1-4-9(10)8-20-11-6-3-7-13-12(11)15(18)19/h1-7H,8H2. The molecule has 0 amide bonds. The highest BCUT2D eigenvalue weighted by molar-refractivity contribution is 5.41. The van der Waals surface area contributed by atoms with Crippen molar-refractivity contribution >= 4 is 11.5 Å². The molecular formula is C12H9N3O5. The van der Waals surface area contributed by atoms with Crippen LogP contribution in [0, 0.1) is 20.2 Å². The van der Waals surface area contributed by atoms with Gasteiger partial charge in [-0.3, -0.25) is 10.1 Å². The number of hydrogen-bond donors (Lipinski definition) is 0. The molecule has 0 bridgehead atoms. The molecule has 20 heavy (non-hydrogen) atoms. The minimum Gasteiger partial charge on any atom is -0.481 e. The quantitative estimate of drug-likeness (QED) is 0.612. The largest absolute Gasteiger partial charge is 0.481 e. The summed E-state index contributed by atoms with van der Waals surface area (Å²) in [5.74, 6) is -0.457. The minimum atomic E-state index is -0.672. The lowest BCUT2D eigenvalue weighted by Crippen LogP contribution is -2.03. The van der Waals surface area contributed by atoms with E-state index in [0.717, 1.165) is 0 Å². The smallest absolute Gasteiger partial charge is 0.406 e. The number of hydrogen-bond acceptors (Lipinski definition) is 6. The lowest BCUT2D eigenvalue weighted by molar-refractivity contribution is -0.390. The average molecular weight is 275 g/mol. The van der Waals surface area contributed by atoms with E-state index in [4.69, 9.17) is 4.74 Å². The highest BCUT2D eigenvalue weighted by Crippen LogP contribution is 2.25. The van der Waals surface area contributed by atoms with Gasteiger partial charge in [0.15, 0.2) is 0 Å². The Labute approximate surface area is 112 Å². The van der Waals surface area contributed by atoms with Crippen LogP contribution in [0.25, 0.3) is 0 Å². The molecule has 8 heteroatoms. The molecule has 8 nitrogen and oxygen atoms in total. The summed E-state index contributed by atoms with van der Waals surface area (Å²) >= 11 is 0. The average Bonchev–Trinajstić information content (AvgIpc) is 2.45. The van der Waals surface area contributed by atoms with Gasteiger partial charge in [0.25, 0.3) is 5.69 Å². The van der Waals surface area contributed by atoms with Crippen LogP contribution in [0.2, 0.25) is 0 Å².